The maximum Gasteiger partial charge on any atom is 0.137 e. The van der Waals surface area contributed by atoms with Crippen molar-refractivity contribution in [3.8, 4) is 33.4 Å². The lowest BCUT2D eigenvalue weighted by molar-refractivity contribution is 0.603. The van der Waals surface area contributed by atoms with Crippen molar-refractivity contribution in [1.29, 1.82) is 0 Å². The molecular weight excluding hydrogens is 669 g/mol. The largest absolute Gasteiger partial charge is 0.456 e. The summed E-state index contributed by atoms with van der Waals surface area (Å²) >= 11 is 0. The summed E-state index contributed by atoms with van der Waals surface area (Å²) in [5.41, 5.74) is 18.3. The number of allylic oxidation sites excluding steroid dienone is 1. The zero-order chi connectivity index (χ0) is 37.3. The smallest absolute Gasteiger partial charge is 0.137 e. The summed E-state index contributed by atoms with van der Waals surface area (Å²) in [6, 6.07) is 57.6. The average molecular weight is 709 g/mol. The molecular formula is C52H40N2O. The molecule has 1 aliphatic heterocycles. The van der Waals surface area contributed by atoms with Gasteiger partial charge in [-0.05, 0) is 107 Å². The van der Waals surface area contributed by atoms with Crippen molar-refractivity contribution < 1.29 is 4.42 Å². The Labute approximate surface area is 322 Å². The SMILES string of the molecule is C=Cc1c(/C=C\C)oc2cc(N(c3ccc4c(c3)-c3ccccc3-c3ccccc3N4c3ccccc3)c3ccc4c(c3)C(C)(C)c3ccccc3-4)ccc12. The van der Waals surface area contributed by atoms with E-state index in [4.69, 9.17) is 4.42 Å². The number of para-hydroxylation sites is 2. The number of anilines is 6. The Bertz CT molecular complexity index is 2840. The Balaban J connectivity index is 1.23. The molecule has 0 bridgehead atoms. The van der Waals surface area contributed by atoms with Crippen molar-refractivity contribution in [3.63, 3.8) is 0 Å². The lowest BCUT2D eigenvalue weighted by Gasteiger charge is -2.30. The summed E-state index contributed by atoms with van der Waals surface area (Å²) in [7, 11) is 0. The summed E-state index contributed by atoms with van der Waals surface area (Å²) in [6.07, 6.45) is 5.90. The third-order valence-corrected chi connectivity index (χ3v) is 11.5. The summed E-state index contributed by atoms with van der Waals surface area (Å²) < 4.78 is 6.50. The molecule has 1 aromatic heterocycles. The van der Waals surface area contributed by atoms with Crippen molar-refractivity contribution in [2.24, 2.45) is 0 Å². The fraction of sp³-hybridized carbons (Fsp3) is 0.0769. The van der Waals surface area contributed by atoms with Crippen LogP contribution in [0.3, 0.4) is 0 Å². The molecule has 3 heteroatoms. The Morgan fingerprint density at radius 2 is 1.16 bits per heavy atom. The van der Waals surface area contributed by atoms with Crippen molar-refractivity contribution in [1.82, 2.24) is 0 Å². The number of benzene rings is 7. The lowest BCUT2D eigenvalue weighted by atomic mass is 9.82. The van der Waals surface area contributed by atoms with Crippen LogP contribution in [0.1, 0.15) is 43.2 Å². The molecule has 2 heterocycles. The monoisotopic (exact) mass is 708 g/mol. The van der Waals surface area contributed by atoms with Crippen LogP contribution in [0.4, 0.5) is 34.1 Å². The number of hydrogen-bond donors (Lipinski definition) is 0. The Hall–Kier alpha value is -6.84. The molecule has 264 valence electrons. The normalized spacial score (nSPS) is 13.5. The van der Waals surface area contributed by atoms with E-state index in [0.717, 1.165) is 62.0 Å². The van der Waals surface area contributed by atoms with Crippen LogP contribution in [-0.4, -0.2) is 0 Å². The number of nitrogens with zero attached hydrogens (tertiary/aromatic N) is 2. The minimum atomic E-state index is -0.145. The van der Waals surface area contributed by atoms with E-state index in [1.54, 1.807) is 0 Å². The van der Waals surface area contributed by atoms with E-state index in [1.165, 1.54) is 38.9 Å². The van der Waals surface area contributed by atoms with Crippen LogP contribution < -0.4 is 9.80 Å². The van der Waals surface area contributed by atoms with Gasteiger partial charge in [0.25, 0.3) is 0 Å². The molecule has 8 aromatic rings. The first-order valence-corrected chi connectivity index (χ1v) is 19.0. The molecule has 3 nitrogen and oxygen atoms in total. The molecule has 0 saturated carbocycles. The van der Waals surface area contributed by atoms with Gasteiger partial charge in [0, 0.05) is 56.3 Å². The molecule has 55 heavy (non-hydrogen) atoms. The predicted molar refractivity (Wildman–Crippen MR) is 232 cm³/mol. The van der Waals surface area contributed by atoms with Crippen LogP contribution in [0.2, 0.25) is 0 Å². The quantitative estimate of drug-likeness (QED) is 0.171. The average Bonchev–Trinajstić information content (AvgIpc) is 3.64. The van der Waals surface area contributed by atoms with Gasteiger partial charge in [-0.15, -0.1) is 0 Å². The minimum Gasteiger partial charge on any atom is -0.456 e. The Morgan fingerprint density at radius 1 is 0.564 bits per heavy atom. The molecule has 0 N–H and O–H groups in total. The second-order valence-corrected chi connectivity index (χ2v) is 14.9. The minimum absolute atomic E-state index is 0.145. The first-order chi connectivity index (χ1) is 27.0. The maximum atomic E-state index is 6.50. The zero-order valence-electron chi connectivity index (χ0n) is 31.3. The number of rotatable bonds is 6. The fourth-order valence-corrected chi connectivity index (χ4v) is 8.94. The van der Waals surface area contributed by atoms with Gasteiger partial charge in [0.2, 0.25) is 0 Å². The van der Waals surface area contributed by atoms with Crippen LogP contribution in [0.25, 0.3) is 56.5 Å². The van der Waals surface area contributed by atoms with Crippen molar-refractivity contribution in [2.45, 2.75) is 26.2 Å². The summed E-state index contributed by atoms with van der Waals surface area (Å²) in [5.74, 6) is 0.815. The van der Waals surface area contributed by atoms with Crippen molar-refractivity contribution >= 4 is 57.2 Å². The highest BCUT2D eigenvalue weighted by Crippen LogP contribution is 2.54. The van der Waals surface area contributed by atoms with E-state index in [1.807, 2.05) is 25.2 Å². The third kappa shape index (κ3) is 5.04. The highest BCUT2D eigenvalue weighted by Gasteiger charge is 2.36. The summed E-state index contributed by atoms with van der Waals surface area (Å²) in [6.45, 7) is 10.8. The molecule has 0 saturated heterocycles. The number of fused-ring (bicyclic) bond motifs is 9. The highest BCUT2D eigenvalue weighted by atomic mass is 16.3. The maximum absolute atomic E-state index is 6.50. The fourth-order valence-electron chi connectivity index (χ4n) is 8.94. The van der Waals surface area contributed by atoms with E-state index < -0.39 is 0 Å². The first-order valence-electron chi connectivity index (χ1n) is 19.0. The lowest BCUT2D eigenvalue weighted by Crippen LogP contribution is -2.17. The summed E-state index contributed by atoms with van der Waals surface area (Å²) in [5, 5.41) is 1.05. The number of hydrogen-bond acceptors (Lipinski definition) is 3. The van der Waals surface area contributed by atoms with Crippen LogP contribution in [0.5, 0.6) is 0 Å². The third-order valence-electron chi connectivity index (χ3n) is 11.5. The van der Waals surface area contributed by atoms with Crippen LogP contribution in [0, 0.1) is 0 Å². The van der Waals surface area contributed by atoms with E-state index >= 15 is 0 Å². The molecule has 0 fully saturated rings. The topological polar surface area (TPSA) is 19.6 Å². The van der Waals surface area contributed by atoms with E-state index in [0.29, 0.717) is 0 Å². The van der Waals surface area contributed by atoms with Crippen molar-refractivity contribution in [3.05, 3.63) is 193 Å². The van der Waals surface area contributed by atoms with Gasteiger partial charge in [-0.3, -0.25) is 0 Å². The molecule has 0 atom stereocenters. The van der Waals surface area contributed by atoms with E-state index in [-0.39, 0.29) is 5.41 Å². The molecule has 0 radical (unpaired) electrons. The second kappa shape index (κ2) is 12.6. The van der Waals surface area contributed by atoms with Crippen LogP contribution >= 0.6 is 0 Å². The molecule has 2 aliphatic rings. The van der Waals surface area contributed by atoms with Gasteiger partial charge in [0.1, 0.15) is 11.3 Å². The van der Waals surface area contributed by atoms with Crippen molar-refractivity contribution in [2.75, 3.05) is 9.80 Å². The highest BCUT2D eigenvalue weighted by molar-refractivity contribution is 6.04. The van der Waals surface area contributed by atoms with E-state index in [2.05, 4.69) is 188 Å². The van der Waals surface area contributed by atoms with Gasteiger partial charge in [0.15, 0.2) is 0 Å². The van der Waals surface area contributed by atoms with Crippen LogP contribution in [-0.2, 0) is 5.41 Å². The van der Waals surface area contributed by atoms with Gasteiger partial charge < -0.3 is 14.2 Å². The van der Waals surface area contributed by atoms with Crippen LogP contribution in [0.15, 0.2) is 175 Å². The molecule has 0 spiro atoms. The van der Waals surface area contributed by atoms with Gasteiger partial charge in [-0.2, -0.15) is 0 Å². The second-order valence-electron chi connectivity index (χ2n) is 14.9. The molecule has 0 unspecified atom stereocenters. The molecule has 7 aromatic carbocycles. The molecule has 0 amide bonds. The van der Waals surface area contributed by atoms with E-state index in [9.17, 15) is 0 Å². The first kappa shape index (κ1) is 32.8. The number of furan rings is 1. The Morgan fingerprint density at radius 3 is 1.95 bits per heavy atom. The zero-order valence-corrected chi connectivity index (χ0v) is 31.3. The predicted octanol–water partition coefficient (Wildman–Crippen LogP) is 15.0. The standard InChI is InChI=1S/C52H40N2O/c1-5-16-50-38(6-2)44-29-26-37(33-51(44)55-50)53(36-25-28-42-41-21-12-14-23-46(41)52(3,4)47(42)32-36)35-27-30-49-45(31-35)40-20-11-10-19-39(40)43-22-13-15-24-48(43)54(49)34-17-8-7-9-18-34/h5-33H,2H2,1,3-4H3/b16-5-. The van der Waals surface area contributed by atoms with Gasteiger partial charge >= 0.3 is 0 Å². The Kier molecular flexibility index (Phi) is 7.53. The molecule has 1 aliphatic carbocycles. The van der Waals surface area contributed by atoms with Gasteiger partial charge in [0.05, 0.1) is 11.4 Å². The summed E-state index contributed by atoms with van der Waals surface area (Å²) in [4.78, 5) is 4.79. The van der Waals surface area contributed by atoms with Gasteiger partial charge in [-0.25, -0.2) is 0 Å². The molecule has 10 rings (SSSR count). The van der Waals surface area contributed by atoms with Gasteiger partial charge in [-0.1, -0.05) is 124 Å².